The summed E-state index contributed by atoms with van der Waals surface area (Å²) in [5, 5.41) is 0. The zero-order valence-corrected chi connectivity index (χ0v) is 10.4. The minimum Gasteiger partial charge on any atom is -0.377 e. The molecule has 4 bridgehead atoms. The number of ether oxygens (including phenoxy) is 1. The third-order valence-corrected chi connectivity index (χ3v) is 5.34. The van der Waals surface area contributed by atoms with Crippen LogP contribution < -0.4 is 5.73 Å². The summed E-state index contributed by atoms with van der Waals surface area (Å²) in [7, 11) is 0. The summed E-state index contributed by atoms with van der Waals surface area (Å²) in [5.74, 6) is 4.78. The normalized spacial score (nSPS) is 47.2. The lowest BCUT2D eigenvalue weighted by Gasteiger charge is -2.56. The topological polar surface area (TPSA) is 35.2 Å². The van der Waals surface area contributed by atoms with Crippen LogP contribution in [0.2, 0.25) is 0 Å². The van der Waals surface area contributed by atoms with Gasteiger partial charge in [0.25, 0.3) is 0 Å². The average Bonchev–Trinajstić information content (AvgIpc) is 2.26. The summed E-state index contributed by atoms with van der Waals surface area (Å²) in [6.07, 6.45) is 7.77. The number of hydrogen-bond acceptors (Lipinski definition) is 2. The van der Waals surface area contributed by atoms with E-state index in [9.17, 15) is 0 Å². The molecule has 0 aromatic heterocycles. The second kappa shape index (κ2) is 4.30. The third-order valence-electron chi connectivity index (χ3n) is 5.34. The minimum atomic E-state index is 0.347. The first-order valence-electron chi connectivity index (χ1n) is 7.13. The van der Waals surface area contributed by atoms with Crippen LogP contribution in [0.3, 0.4) is 0 Å². The van der Waals surface area contributed by atoms with E-state index in [2.05, 4.69) is 6.92 Å². The monoisotopic (exact) mass is 223 g/mol. The van der Waals surface area contributed by atoms with Crippen molar-refractivity contribution in [3.8, 4) is 0 Å². The van der Waals surface area contributed by atoms with Crippen molar-refractivity contribution in [1.29, 1.82) is 0 Å². The molecule has 4 rings (SSSR count). The zero-order chi connectivity index (χ0) is 11.1. The van der Waals surface area contributed by atoms with Crippen molar-refractivity contribution >= 4 is 0 Å². The van der Waals surface area contributed by atoms with Crippen molar-refractivity contribution < 1.29 is 4.74 Å². The van der Waals surface area contributed by atoms with Gasteiger partial charge in [0, 0.05) is 13.2 Å². The molecule has 4 saturated carbocycles. The van der Waals surface area contributed by atoms with Crippen molar-refractivity contribution in [2.24, 2.45) is 35.3 Å². The highest BCUT2D eigenvalue weighted by Gasteiger charge is 2.50. The SMILES string of the molecule is CCOC(CN)C1C2CC3CC(C2)CC1C3. The highest BCUT2D eigenvalue weighted by molar-refractivity contribution is 5.00. The van der Waals surface area contributed by atoms with Gasteiger partial charge in [-0.3, -0.25) is 0 Å². The molecule has 0 aromatic carbocycles. The molecule has 0 spiro atoms. The molecule has 92 valence electrons. The Morgan fingerprint density at radius 2 is 1.62 bits per heavy atom. The van der Waals surface area contributed by atoms with Gasteiger partial charge in [0.2, 0.25) is 0 Å². The highest BCUT2D eigenvalue weighted by Crippen LogP contribution is 2.57. The van der Waals surface area contributed by atoms with Crippen LogP contribution in [0.15, 0.2) is 0 Å². The number of nitrogens with two attached hydrogens (primary N) is 1. The van der Waals surface area contributed by atoms with Crippen LogP contribution in [0.1, 0.15) is 39.0 Å². The molecule has 0 saturated heterocycles. The summed E-state index contributed by atoms with van der Waals surface area (Å²) >= 11 is 0. The van der Waals surface area contributed by atoms with E-state index in [1.54, 1.807) is 0 Å². The van der Waals surface area contributed by atoms with Crippen LogP contribution in [-0.2, 0) is 4.74 Å². The Labute approximate surface area is 98.9 Å². The third kappa shape index (κ3) is 1.70. The lowest BCUT2D eigenvalue weighted by Crippen LogP contribution is -2.51. The van der Waals surface area contributed by atoms with Crippen LogP contribution in [0.4, 0.5) is 0 Å². The lowest BCUT2D eigenvalue weighted by molar-refractivity contribution is -0.106. The quantitative estimate of drug-likeness (QED) is 0.794. The molecule has 4 aliphatic rings. The first-order chi connectivity index (χ1) is 7.81. The van der Waals surface area contributed by atoms with E-state index in [0.29, 0.717) is 6.10 Å². The Bertz CT molecular complexity index is 222. The van der Waals surface area contributed by atoms with Crippen LogP contribution in [0, 0.1) is 29.6 Å². The molecule has 4 fully saturated rings. The standard InChI is InChI=1S/C14H25NO/c1-2-16-13(8-15)14-11-4-9-3-10(6-11)7-12(14)5-9/h9-14H,2-8,15H2,1H3. The Kier molecular flexibility index (Phi) is 2.97. The molecular weight excluding hydrogens is 198 g/mol. The van der Waals surface area contributed by atoms with Crippen molar-refractivity contribution in [2.75, 3.05) is 13.2 Å². The fourth-order valence-electron chi connectivity index (χ4n) is 5.12. The molecule has 2 N–H and O–H groups in total. The smallest absolute Gasteiger partial charge is 0.0730 e. The molecule has 16 heavy (non-hydrogen) atoms. The summed E-state index contributed by atoms with van der Waals surface area (Å²) in [6.45, 7) is 3.64. The zero-order valence-electron chi connectivity index (χ0n) is 10.4. The maximum absolute atomic E-state index is 5.91. The lowest BCUT2D eigenvalue weighted by atomic mass is 9.51. The van der Waals surface area contributed by atoms with Gasteiger partial charge >= 0.3 is 0 Å². The molecule has 1 atom stereocenters. The molecule has 0 heterocycles. The van der Waals surface area contributed by atoms with Crippen LogP contribution in [-0.4, -0.2) is 19.3 Å². The van der Waals surface area contributed by atoms with Gasteiger partial charge in [-0.05, 0) is 68.6 Å². The molecule has 0 radical (unpaired) electrons. The predicted octanol–water partition coefficient (Wildman–Crippen LogP) is 2.42. The fourth-order valence-corrected chi connectivity index (χ4v) is 5.12. The molecule has 0 aliphatic heterocycles. The summed E-state index contributed by atoms with van der Waals surface area (Å²) in [6, 6.07) is 0. The van der Waals surface area contributed by atoms with Gasteiger partial charge in [-0.25, -0.2) is 0 Å². The van der Waals surface area contributed by atoms with Gasteiger partial charge < -0.3 is 10.5 Å². The van der Waals surface area contributed by atoms with E-state index >= 15 is 0 Å². The van der Waals surface area contributed by atoms with Gasteiger partial charge in [-0.2, -0.15) is 0 Å². The van der Waals surface area contributed by atoms with Crippen molar-refractivity contribution in [1.82, 2.24) is 0 Å². The van der Waals surface area contributed by atoms with Crippen LogP contribution in [0.25, 0.3) is 0 Å². The first kappa shape index (κ1) is 11.0. The maximum Gasteiger partial charge on any atom is 0.0730 e. The molecule has 2 heteroatoms. The molecule has 1 unspecified atom stereocenters. The summed E-state index contributed by atoms with van der Waals surface area (Å²) in [5.41, 5.74) is 5.91. The minimum absolute atomic E-state index is 0.347. The second-order valence-corrected chi connectivity index (χ2v) is 6.24. The molecule has 2 nitrogen and oxygen atoms in total. The Hall–Kier alpha value is -0.0800. The Balaban J connectivity index is 1.75. The van der Waals surface area contributed by atoms with E-state index < -0.39 is 0 Å². The fraction of sp³-hybridized carbons (Fsp3) is 1.00. The van der Waals surface area contributed by atoms with Gasteiger partial charge in [0.15, 0.2) is 0 Å². The second-order valence-electron chi connectivity index (χ2n) is 6.24. The van der Waals surface area contributed by atoms with E-state index in [-0.39, 0.29) is 0 Å². The highest BCUT2D eigenvalue weighted by atomic mass is 16.5. The first-order valence-corrected chi connectivity index (χ1v) is 7.13. The van der Waals surface area contributed by atoms with Crippen LogP contribution in [0.5, 0.6) is 0 Å². The van der Waals surface area contributed by atoms with Gasteiger partial charge in [-0.1, -0.05) is 0 Å². The summed E-state index contributed by atoms with van der Waals surface area (Å²) in [4.78, 5) is 0. The Morgan fingerprint density at radius 1 is 1.06 bits per heavy atom. The number of rotatable bonds is 4. The van der Waals surface area contributed by atoms with Crippen molar-refractivity contribution in [2.45, 2.75) is 45.1 Å². The van der Waals surface area contributed by atoms with E-state index in [0.717, 1.165) is 42.7 Å². The Morgan fingerprint density at radius 3 is 2.06 bits per heavy atom. The van der Waals surface area contributed by atoms with Gasteiger partial charge in [-0.15, -0.1) is 0 Å². The van der Waals surface area contributed by atoms with Crippen LogP contribution >= 0.6 is 0 Å². The molecule has 4 aliphatic carbocycles. The van der Waals surface area contributed by atoms with Gasteiger partial charge in [0.1, 0.15) is 0 Å². The molecule has 0 aromatic rings. The van der Waals surface area contributed by atoms with Crippen molar-refractivity contribution in [3.05, 3.63) is 0 Å². The van der Waals surface area contributed by atoms with Gasteiger partial charge in [0.05, 0.1) is 6.10 Å². The predicted molar refractivity (Wildman–Crippen MR) is 65.0 cm³/mol. The van der Waals surface area contributed by atoms with E-state index in [1.165, 1.54) is 32.1 Å². The largest absolute Gasteiger partial charge is 0.377 e. The van der Waals surface area contributed by atoms with Crippen molar-refractivity contribution in [3.63, 3.8) is 0 Å². The summed E-state index contributed by atoms with van der Waals surface area (Å²) < 4.78 is 5.89. The maximum atomic E-state index is 5.91. The van der Waals surface area contributed by atoms with E-state index in [1.807, 2.05) is 0 Å². The van der Waals surface area contributed by atoms with E-state index in [4.69, 9.17) is 10.5 Å². The number of hydrogen-bond donors (Lipinski definition) is 1. The molecule has 0 amide bonds. The molecular formula is C14H25NO. The average molecular weight is 223 g/mol.